The molecule has 8 heteroatoms. The number of hydrogen-bond acceptors (Lipinski definition) is 3. The lowest BCUT2D eigenvalue weighted by Gasteiger charge is -2.11. The Morgan fingerprint density at radius 1 is 1.56 bits per heavy atom. The molecule has 1 rings (SSSR count). The predicted molar refractivity (Wildman–Crippen MR) is 52.9 cm³/mol. The van der Waals surface area contributed by atoms with E-state index in [4.69, 9.17) is 0 Å². The lowest BCUT2D eigenvalue weighted by Crippen LogP contribution is -2.27. The Bertz CT molecular complexity index is 430. The molecule has 0 N–H and O–H groups in total. The first-order valence-corrected chi connectivity index (χ1v) is 4.97. The van der Waals surface area contributed by atoms with Crippen molar-refractivity contribution in [3.05, 3.63) is 26.8 Å². The maximum Gasteiger partial charge on any atom is 0.411 e. The van der Waals surface area contributed by atoms with Crippen LogP contribution in [0.25, 0.3) is 0 Å². The van der Waals surface area contributed by atoms with Crippen LogP contribution in [0.15, 0.2) is 15.5 Å². The smallest absolute Gasteiger partial charge is 0.351 e. The minimum Gasteiger partial charge on any atom is -0.351 e. The molecule has 0 fully saturated rings. The van der Waals surface area contributed by atoms with Crippen molar-refractivity contribution in [1.82, 2.24) is 9.55 Å². The van der Waals surface area contributed by atoms with Crippen LogP contribution in [0.1, 0.15) is 5.82 Å². The fraction of sp³-hybridized carbons (Fsp3) is 0.500. The van der Waals surface area contributed by atoms with Crippen molar-refractivity contribution in [3.8, 4) is 0 Å². The molecule has 0 bridgehead atoms. The number of alkyl halides is 3. The molecule has 16 heavy (non-hydrogen) atoms. The second-order valence-corrected chi connectivity index (χ2v) is 3.83. The Balaban J connectivity index is 2.75. The summed E-state index contributed by atoms with van der Waals surface area (Å²) in [6.07, 6.45) is -3.12. The van der Waals surface area contributed by atoms with Gasteiger partial charge < -0.3 is 4.74 Å². The number of ether oxygens (including phenoxy) is 1. The molecular weight excluding hydrogens is 293 g/mol. The van der Waals surface area contributed by atoms with Gasteiger partial charge in [-0.1, -0.05) is 0 Å². The van der Waals surface area contributed by atoms with Crippen LogP contribution in [0.4, 0.5) is 13.2 Å². The van der Waals surface area contributed by atoms with Gasteiger partial charge in [0.25, 0.3) is 5.56 Å². The van der Waals surface area contributed by atoms with E-state index >= 15 is 0 Å². The maximum absolute atomic E-state index is 11.8. The van der Waals surface area contributed by atoms with Crippen molar-refractivity contribution in [1.29, 1.82) is 0 Å². The summed E-state index contributed by atoms with van der Waals surface area (Å²) in [6, 6.07) is 0. The molecule has 1 aromatic heterocycles. The van der Waals surface area contributed by atoms with Crippen LogP contribution in [0.2, 0.25) is 0 Å². The molecule has 0 spiro atoms. The number of hydrogen-bond donors (Lipinski definition) is 0. The van der Waals surface area contributed by atoms with Crippen molar-refractivity contribution in [3.63, 3.8) is 0 Å². The van der Waals surface area contributed by atoms with E-state index in [9.17, 15) is 18.0 Å². The molecule has 0 saturated carbocycles. The van der Waals surface area contributed by atoms with E-state index in [1.807, 2.05) is 0 Å². The molecule has 0 aliphatic heterocycles. The molecule has 4 nitrogen and oxygen atoms in total. The summed E-state index contributed by atoms with van der Waals surface area (Å²) in [6.45, 7) is -0.368. The molecular formula is C8H8BrF3N2O2. The highest BCUT2D eigenvalue weighted by Gasteiger charge is 2.27. The van der Waals surface area contributed by atoms with Crippen LogP contribution >= 0.6 is 15.9 Å². The zero-order valence-electron chi connectivity index (χ0n) is 8.21. The van der Waals surface area contributed by atoms with Crippen LogP contribution in [0.5, 0.6) is 0 Å². The van der Waals surface area contributed by atoms with Crippen LogP contribution in [-0.4, -0.2) is 22.3 Å². The lowest BCUT2D eigenvalue weighted by atomic mass is 10.5. The highest BCUT2D eigenvalue weighted by atomic mass is 79.9. The molecule has 0 aliphatic rings. The van der Waals surface area contributed by atoms with Crippen LogP contribution in [-0.2, 0) is 11.5 Å². The third kappa shape index (κ3) is 3.60. The lowest BCUT2D eigenvalue weighted by molar-refractivity contribution is -0.182. The molecule has 0 saturated heterocycles. The van der Waals surface area contributed by atoms with Crippen molar-refractivity contribution >= 4 is 15.9 Å². The number of aromatic nitrogens is 2. The van der Waals surface area contributed by atoms with Gasteiger partial charge in [-0.25, -0.2) is 4.98 Å². The second-order valence-electron chi connectivity index (χ2n) is 2.98. The topological polar surface area (TPSA) is 44.1 Å². The molecule has 1 heterocycles. The number of nitrogens with zero attached hydrogens (tertiary/aromatic N) is 2. The Kier molecular flexibility index (Phi) is 4.09. The molecule has 0 radical (unpaired) electrons. The fourth-order valence-corrected chi connectivity index (χ4v) is 1.27. The molecule has 0 aliphatic carbocycles. The van der Waals surface area contributed by atoms with E-state index in [0.29, 0.717) is 0 Å². The zero-order valence-corrected chi connectivity index (χ0v) is 9.80. The van der Waals surface area contributed by atoms with E-state index in [2.05, 4.69) is 25.7 Å². The van der Waals surface area contributed by atoms with Gasteiger partial charge in [0.05, 0.1) is 0 Å². The molecule has 0 atom stereocenters. The first-order chi connectivity index (χ1) is 7.31. The van der Waals surface area contributed by atoms with Crippen molar-refractivity contribution in [2.75, 3.05) is 6.61 Å². The SMILES string of the molecule is Cc1ncc(Br)c(=O)n1COCC(F)(F)F. The van der Waals surface area contributed by atoms with Crippen LogP contribution < -0.4 is 5.56 Å². The molecule has 90 valence electrons. The first kappa shape index (κ1) is 13.2. The maximum atomic E-state index is 11.8. The van der Waals surface area contributed by atoms with E-state index < -0.39 is 25.1 Å². The molecule has 1 aromatic rings. The molecule has 0 aromatic carbocycles. The van der Waals surface area contributed by atoms with Gasteiger partial charge in [0.1, 0.15) is 23.6 Å². The summed E-state index contributed by atoms with van der Waals surface area (Å²) >= 11 is 2.94. The number of rotatable bonds is 3. The van der Waals surface area contributed by atoms with Gasteiger partial charge in [-0.3, -0.25) is 9.36 Å². The Hall–Kier alpha value is -0.890. The highest BCUT2D eigenvalue weighted by molar-refractivity contribution is 9.10. The average Bonchev–Trinajstić information content (AvgIpc) is 2.16. The van der Waals surface area contributed by atoms with Gasteiger partial charge >= 0.3 is 6.18 Å². The Morgan fingerprint density at radius 3 is 2.75 bits per heavy atom. The summed E-state index contributed by atoms with van der Waals surface area (Å²) in [7, 11) is 0. The summed E-state index contributed by atoms with van der Waals surface area (Å²) in [4.78, 5) is 15.3. The van der Waals surface area contributed by atoms with Gasteiger partial charge in [-0.2, -0.15) is 13.2 Å². The van der Waals surface area contributed by atoms with Crippen molar-refractivity contribution in [2.24, 2.45) is 0 Å². The zero-order chi connectivity index (χ0) is 12.3. The normalized spacial score (nSPS) is 11.8. The average molecular weight is 301 g/mol. The van der Waals surface area contributed by atoms with Crippen molar-refractivity contribution in [2.45, 2.75) is 19.8 Å². The van der Waals surface area contributed by atoms with Gasteiger partial charge in [0, 0.05) is 6.20 Å². The molecule has 0 amide bonds. The number of halogens is 4. The van der Waals surface area contributed by atoms with E-state index in [1.165, 1.54) is 13.1 Å². The standard InChI is InChI=1S/C8H8BrF3N2O2/c1-5-13-2-6(9)7(15)14(5)4-16-3-8(10,11)12/h2H,3-4H2,1H3. The minimum atomic E-state index is -4.41. The van der Waals surface area contributed by atoms with Gasteiger partial charge in [0.15, 0.2) is 0 Å². The van der Waals surface area contributed by atoms with E-state index in [0.717, 1.165) is 4.57 Å². The Morgan fingerprint density at radius 2 is 2.19 bits per heavy atom. The van der Waals surface area contributed by atoms with E-state index in [1.54, 1.807) is 0 Å². The van der Waals surface area contributed by atoms with Gasteiger partial charge in [0.2, 0.25) is 0 Å². The van der Waals surface area contributed by atoms with Crippen molar-refractivity contribution < 1.29 is 17.9 Å². The van der Waals surface area contributed by atoms with Crippen LogP contribution in [0.3, 0.4) is 0 Å². The second kappa shape index (κ2) is 4.96. The summed E-state index contributed by atoms with van der Waals surface area (Å²) in [5.41, 5.74) is -0.477. The fourth-order valence-electron chi connectivity index (χ4n) is 0.956. The highest BCUT2D eigenvalue weighted by Crippen LogP contribution is 2.14. The monoisotopic (exact) mass is 300 g/mol. The summed E-state index contributed by atoms with van der Waals surface area (Å²) in [5, 5.41) is 0. The summed E-state index contributed by atoms with van der Waals surface area (Å²) < 4.78 is 41.0. The van der Waals surface area contributed by atoms with E-state index in [-0.39, 0.29) is 10.3 Å². The third-order valence-electron chi connectivity index (χ3n) is 1.69. The predicted octanol–water partition coefficient (Wildman–Crippen LogP) is 1.85. The van der Waals surface area contributed by atoms with Gasteiger partial charge in [-0.05, 0) is 22.9 Å². The quantitative estimate of drug-likeness (QED) is 0.856. The number of aryl methyl sites for hydroxylation is 1. The summed E-state index contributed by atoms with van der Waals surface area (Å²) in [5.74, 6) is 0.287. The van der Waals surface area contributed by atoms with Crippen LogP contribution in [0, 0.1) is 6.92 Å². The third-order valence-corrected chi connectivity index (χ3v) is 2.23. The minimum absolute atomic E-state index is 0.175. The van der Waals surface area contributed by atoms with Gasteiger partial charge in [-0.15, -0.1) is 0 Å². The first-order valence-electron chi connectivity index (χ1n) is 4.17. The Labute approximate surface area is 97.2 Å². The largest absolute Gasteiger partial charge is 0.411 e. The molecule has 0 unspecified atom stereocenters.